The van der Waals surface area contributed by atoms with Gasteiger partial charge in [-0.05, 0) is 38.3 Å². The summed E-state index contributed by atoms with van der Waals surface area (Å²) in [5.74, 6) is 5.96. The predicted octanol–water partition coefficient (Wildman–Crippen LogP) is 2.06. The molecule has 2 aromatic heterocycles. The fraction of sp³-hybridized carbons (Fsp3) is 0.500. The third-order valence-electron chi connectivity index (χ3n) is 5.57. The van der Waals surface area contributed by atoms with E-state index in [-0.39, 0.29) is 11.9 Å². The average molecular weight is 457 g/mol. The van der Waals surface area contributed by atoms with Crippen molar-refractivity contribution in [2.45, 2.75) is 44.2 Å². The monoisotopic (exact) mass is 456 g/mol. The molecule has 10 heteroatoms. The van der Waals surface area contributed by atoms with Gasteiger partial charge >= 0.3 is 6.03 Å². The van der Waals surface area contributed by atoms with Crippen LogP contribution in [-0.4, -0.2) is 54.1 Å². The third-order valence-corrected chi connectivity index (χ3v) is 6.62. The number of urea groups is 1. The van der Waals surface area contributed by atoms with Crippen LogP contribution < -0.4 is 21.7 Å². The topological polar surface area (TPSA) is 123 Å². The van der Waals surface area contributed by atoms with Crippen LogP contribution in [-0.2, 0) is 4.74 Å². The first-order valence-corrected chi connectivity index (χ1v) is 11.8. The fourth-order valence-corrected chi connectivity index (χ4v) is 4.80. The second-order valence-electron chi connectivity index (χ2n) is 8.02. The van der Waals surface area contributed by atoms with Gasteiger partial charge in [0.25, 0.3) is 5.91 Å². The summed E-state index contributed by atoms with van der Waals surface area (Å²) in [4.78, 5) is 25.4. The second-order valence-corrected chi connectivity index (χ2v) is 9.07. The highest BCUT2D eigenvalue weighted by Crippen LogP contribution is 2.27. The summed E-state index contributed by atoms with van der Waals surface area (Å²) in [5.41, 5.74) is 6.48. The van der Waals surface area contributed by atoms with E-state index in [0.29, 0.717) is 21.5 Å². The Kier molecular flexibility index (Phi) is 7.42. The Balaban J connectivity index is 1.49. The number of hydrogen-bond acceptors (Lipinski definition) is 6. The molecule has 2 saturated heterocycles. The van der Waals surface area contributed by atoms with E-state index in [4.69, 9.17) is 10.5 Å². The number of nitrogens with two attached hydrogens (primary N) is 1. The number of aromatic nitrogens is 2. The Bertz CT molecular complexity index is 1010. The summed E-state index contributed by atoms with van der Waals surface area (Å²) < 4.78 is 7.35. The maximum Gasteiger partial charge on any atom is 0.316 e. The van der Waals surface area contributed by atoms with Gasteiger partial charge in [-0.2, -0.15) is 5.10 Å². The van der Waals surface area contributed by atoms with Crippen LogP contribution in [0.1, 0.15) is 58.3 Å². The van der Waals surface area contributed by atoms with E-state index in [2.05, 4.69) is 32.9 Å². The maximum absolute atomic E-state index is 12.9. The van der Waals surface area contributed by atoms with Crippen molar-refractivity contribution in [2.75, 3.05) is 31.6 Å². The molecular weight excluding hydrogens is 428 g/mol. The molecule has 2 aromatic rings. The highest BCUT2D eigenvalue weighted by atomic mass is 32.1. The number of rotatable bonds is 4. The van der Waals surface area contributed by atoms with E-state index in [1.807, 2.05) is 10.9 Å². The number of ether oxygens (including phenoxy) is 1. The van der Waals surface area contributed by atoms with Gasteiger partial charge in [0.15, 0.2) is 0 Å². The first-order chi connectivity index (χ1) is 15.6. The van der Waals surface area contributed by atoms with Gasteiger partial charge in [-0.1, -0.05) is 18.3 Å². The standard InChI is InChI=1S/C22H28N6O3S/c23-22(30)27-19-11-18(32-20(19)21(29)26-16-3-1-2-8-24-13-16)5-4-15-12-25-28(14-15)17-6-9-31-10-7-17/h11-12,14,16-17,24H,1-3,6-10,13H2,(H,26,29)(H3,23,27,30)/t16-/m0/s1. The number of nitrogens with one attached hydrogen (secondary N) is 3. The van der Waals surface area contributed by atoms with Crippen molar-refractivity contribution in [3.05, 3.63) is 33.8 Å². The zero-order chi connectivity index (χ0) is 22.3. The van der Waals surface area contributed by atoms with E-state index in [1.54, 1.807) is 12.3 Å². The first kappa shape index (κ1) is 22.3. The molecule has 1 atom stereocenters. The van der Waals surface area contributed by atoms with Crippen molar-refractivity contribution >= 4 is 29.0 Å². The lowest BCUT2D eigenvalue weighted by atomic mass is 10.1. The molecule has 4 heterocycles. The summed E-state index contributed by atoms with van der Waals surface area (Å²) in [5, 5.41) is 13.4. The Labute approximate surface area is 191 Å². The summed E-state index contributed by atoms with van der Waals surface area (Å²) >= 11 is 1.24. The summed E-state index contributed by atoms with van der Waals surface area (Å²) in [6.07, 6.45) is 8.65. The smallest absolute Gasteiger partial charge is 0.316 e. The average Bonchev–Trinajstić information content (AvgIpc) is 3.33. The molecule has 4 rings (SSSR count). The Morgan fingerprint density at radius 2 is 2.09 bits per heavy atom. The van der Waals surface area contributed by atoms with Crippen LogP contribution in [0.4, 0.5) is 10.5 Å². The zero-order valence-corrected chi connectivity index (χ0v) is 18.7. The van der Waals surface area contributed by atoms with Crippen LogP contribution in [0.15, 0.2) is 18.5 Å². The van der Waals surface area contributed by atoms with Crippen molar-refractivity contribution in [1.29, 1.82) is 0 Å². The van der Waals surface area contributed by atoms with Gasteiger partial charge in [0.1, 0.15) is 4.88 Å². The van der Waals surface area contributed by atoms with Crippen molar-refractivity contribution in [3.63, 3.8) is 0 Å². The Morgan fingerprint density at radius 3 is 2.91 bits per heavy atom. The summed E-state index contributed by atoms with van der Waals surface area (Å²) in [6, 6.07) is 1.36. The highest BCUT2D eigenvalue weighted by Gasteiger charge is 2.21. The quantitative estimate of drug-likeness (QED) is 0.525. The third kappa shape index (κ3) is 5.88. The van der Waals surface area contributed by atoms with E-state index < -0.39 is 6.03 Å². The van der Waals surface area contributed by atoms with Gasteiger partial charge in [0.05, 0.1) is 28.4 Å². The summed E-state index contributed by atoms with van der Waals surface area (Å²) in [6.45, 7) is 3.19. The van der Waals surface area contributed by atoms with Gasteiger partial charge < -0.3 is 26.4 Å². The lowest BCUT2D eigenvalue weighted by Gasteiger charge is -2.22. The molecule has 2 fully saturated rings. The number of thiophene rings is 1. The number of primary amides is 1. The largest absolute Gasteiger partial charge is 0.381 e. The number of carbonyl (C=O) groups excluding carboxylic acids is 2. The summed E-state index contributed by atoms with van der Waals surface area (Å²) in [7, 11) is 0. The number of anilines is 1. The predicted molar refractivity (Wildman–Crippen MR) is 123 cm³/mol. The molecule has 0 aliphatic carbocycles. The molecule has 0 bridgehead atoms. The normalized spacial score (nSPS) is 19.4. The molecular formula is C22H28N6O3S. The molecule has 0 unspecified atom stereocenters. The van der Waals surface area contributed by atoms with Crippen LogP contribution in [0.5, 0.6) is 0 Å². The van der Waals surface area contributed by atoms with E-state index in [0.717, 1.165) is 64.0 Å². The van der Waals surface area contributed by atoms with Crippen LogP contribution in [0.25, 0.3) is 0 Å². The molecule has 0 aromatic carbocycles. The molecule has 0 spiro atoms. The maximum atomic E-state index is 12.9. The number of nitrogens with zero attached hydrogens (tertiary/aromatic N) is 2. The molecule has 32 heavy (non-hydrogen) atoms. The molecule has 9 nitrogen and oxygen atoms in total. The van der Waals surface area contributed by atoms with Gasteiger partial charge in [-0.25, -0.2) is 4.79 Å². The molecule has 2 aliphatic rings. The van der Waals surface area contributed by atoms with E-state index >= 15 is 0 Å². The molecule has 2 aliphatic heterocycles. The lowest BCUT2D eigenvalue weighted by Crippen LogP contribution is -2.40. The van der Waals surface area contributed by atoms with Crippen LogP contribution >= 0.6 is 11.3 Å². The van der Waals surface area contributed by atoms with Crippen LogP contribution in [0.3, 0.4) is 0 Å². The minimum atomic E-state index is -0.717. The SMILES string of the molecule is NC(=O)Nc1cc(C#Cc2cnn(C3CCOCC3)c2)sc1C(=O)N[C@H]1CCCCNC1. The minimum absolute atomic E-state index is 0.0547. The van der Waals surface area contributed by atoms with Crippen molar-refractivity contribution in [1.82, 2.24) is 20.4 Å². The number of amides is 3. The molecule has 170 valence electrons. The van der Waals surface area contributed by atoms with E-state index in [9.17, 15) is 9.59 Å². The van der Waals surface area contributed by atoms with E-state index in [1.165, 1.54) is 11.3 Å². The van der Waals surface area contributed by atoms with Gasteiger partial charge in [0.2, 0.25) is 0 Å². The van der Waals surface area contributed by atoms with Gasteiger partial charge in [0, 0.05) is 32.0 Å². The first-order valence-electron chi connectivity index (χ1n) is 10.9. The van der Waals surface area contributed by atoms with Crippen LogP contribution in [0, 0.1) is 11.8 Å². The highest BCUT2D eigenvalue weighted by molar-refractivity contribution is 7.15. The van der Waals surface area contributed by atoms with Crippen molar-refractivity contribution < 1.29 is 14.3 Å². The molecule has 0 radical (unpaired) electrons. The number of carbonyl (C=O) groups is 2. The lowest BCUT2D eigenvalue weighted by molar-refractivity contribution is 0.0662. The molecule has 5 N–H and O–H groups in total. The zero-order valence-electron chi connectivity index (χ0n) is 17.9. The Hall–Kier alpha value is -2.87. The minimum Gasteiger partial charge on any atom is -0.381 e. The van der Waals surface area contributed by atoms with Gasteiger partial charge in [-0.15, -0.1) is 11.3 Å². The van der Waals surface area contributed by atoms with Crippen molar-refractivity contribution in [3.8, 4) is 11.8 Å². The molecule has 0 saturated carbocycles. The van der Waals surface area contributed by atoms with Crippen LogP contribution in [0.2, 0.25) is 0 Å². The Morgan fingerprint density at radius 1 is 1.25 bits per heavy atom. The molecule has 3 amide bonds. The fourth-order valence-electron chi connectivity index (χ4n) is 3.93. The van der Waals surface area contributed by atoms with Crippen molar-refractivity contribution in [2.24, 2.45) is 5.73 Å². The number of hydrogen-bond donors (Lipinski definition) is 4. The second kappa shape index (κ2) is 10.6. The van der Waals surface area contributed by atoms with Gasteiger partial charge in [-0.3, -0.25) is 9.48 Å².